The van der Waals surface area contributed by atoms with Crippen molar-refractivity contribution in [3.05, 3.63) is 60.6 Å². The van der Waals surface area contributed by atoms with E-state index in [1.807, 2.05) is 35.9 Å². The van der Waals surface area contributed by atoms with Gasteiger partial charge in [0.25, 0.3) is 0 Å². The molecule has 1 aliphatic heterocycles. The second-order valence-electron chi connectivity index (χ2n) is 8.72. The van der Waals surface area contributed by atoms with Gasteiger partial charge in [-0.1, -0.05) is 13.0 Å². The Bertz CT molecular complexity index is 1350. The summed E-state index contributed by atoms with van der Waals surface area (Å²) >= 11 is 0. The van der Waals surface area contributed by atoms with Gasteiger partial charge in [0.2, 0.25) is 0 Å². The lowest BCUT2D eigenvalue weighted by molar-refractivity contribution is 0.0975. The van der Waals surface area contributed by atoms with Crippen LogP contribution in [0.25, 0.3) is 27.8 Å². The van der Waals surface area contributed by atoms with Crippen LogP contribution in [0.2, 0.25) is 0 Å². The Morgan fingerprint density at radius 3 is 2.33 bits per heavy atom. The summed E-state index contributed by atoms with van der Waals surface area (Å²) < 4.78 is 18.6. The fraction of sp³-hybridized carbons (Fsp3) is 0.321. The fourth-order valence-corrected chi connectivity index (χ4v) is 4.60. The molecule has 2 aromatic heterocycles. The number of carbonyl (C=O) groups is 1. The van der Waals surface area contributed by atoms with Gasteiger partial charge in [0, 0.05) is 43.4 Å². The number of hydrogen-bond acceptors (Lipinski definition) is 7. The number of hydrogen-bond donors (Lipinski definition) is 0. The average molecular weight is 487 g/mol. The number of fused-ring (bicyclic) bond motifs is 1. The number of pyridine rings is 1. The van der Waals surface area contributed by atoms with Crippen molar-refractivity contribution in [2.45, 2.75) is 19.8 Å². The number of aromatic nitrogens is 3. The summed E-state index contributed by atoms with van der Waals surface area (Å²) in [7, 11) is 3.13. The van der Waals surface area contributed by atoms with E-state index in [0.717, 1.165) is 66.4 Å². The molecule has 5 rings (SSSR count). The SMILES string of the molecule is CCCC(=O)c1c(OC)cc(-n2cnc3cc(-c4ccc(N5CCOCC5)nc4)ccc32)cc1OC. The number of carbonyl (C=O) groups excluding carboxylic acids is 1. The van der Waals surface area contributed by atoms with Crippen LogP contribution in [0.5, 0.6) is 11.5 Å². The van der Waals surface area contributed by atoms with Crippen molar-refractivity contribution < 1.29 is 19.0 Å². The first-order valence-electron chi connectivity index (χ1n) is 12.2. The molecule has 1 fully saturated rings. The van der Waals surface area contributed by atoms with Crippen LogP contribution in [-0.4, -0.2) is 60.8 Å². The zero-order valence-electron chi connectivity index (χ0n) is 20.9. The van der Waals surface area contributed by atoms with Gasteiger partial charge in [-0.3, -0.25) is 9.36 Å². The number of ketones is 1. The summed E-state index contributed by atoms with van der Waals surface area (Å²) in [5.41, 5.74) is 5.16. The number of nitrogens with zero attached hydrogens (tertiary/aromatic N) is 4. The molecule has 2 aromatic carbocycles. The van der Waals surface area contributed by atoms with Crippen LogP contribution in [-0.2, 0) is 4.74 Å². The summed E-state index contributed by atoms with van der Waals surface area (Å²) in [6.45, 7) is 5.17. The monoisotopic (exact) mass is 486 g/mol. The van der Waals surface area contributed by atoms with Crippen LogP contribution in [0.4, 0.5) is 5.82 Å². The van der Waals surface area contributed by atoms with E-state index in [2.05, 4.69) is 39.1 Å². The second kappa shape index (κ2) is 10.4. The van der Waals surface area contributed by atoms with Crippen molar-refractivity contribution in [1.29, 1.82) is 0 Å². The predicted molar refractivity (Wildman–Crippen MR) is 140 cm³/mol. The van der Waals surface area contributed by atoms with E-state index >= 15 is 0 Å². The van der Waals surface area contributed by atoms with E-state index in [0.29, 0.717) is 23.5 Å². The summed E-state index contributed by atoms with van der Waals surface area (Å²) in [6.07, 6.45) is 4.87. The maximum absolute atomic E-state index is 12.7. The Morgan fingerprint density at radius 2 is 1.69 bits per heavy atom. The van der Waals surface area contributed by atoms with Crippen molar-refractivity contribution >= 4 is 22.6 Å². The summed E-state index contributed by atoms with van der Waals surface area (Å²) in [4.78, 5) is 24.3. The zero-order chi connectivity index (χ0) is 25.1. The highest BCUT2D eigenvalue weighted by atomic mass is 16.5. The van der Waals surface area contributed by atoms with E-state index in [4.69, 9.17) is 14.2 Å². The number of rotatable bonds is 8. The Morgan fingerprint density at radius 1 is 0.972 bits per heavy atom. The van der Waals surface area contributed by atoms with Crippen LogP contribution < -0.4 is 14.4 Å². The molecule has 1 aliphatic rings. The molecule has 8 heteroatoms. The van der Waals surface area contributed by atoms with Crippen LogP contribution in [0.15, 0.2) is 55.0 Å². The quantitative estimate of drug-likeness (QED) is 0.327. The van der Waals surface area contributed by atoms with Crippen molar-refractivity contribution in [2.24, 2.45) is 0 Å². The molecule has 36 heavy (non-hydrogen) atoms. The molecular formula is C28H30N4O4. The molecule has 0 atom stereocenters. The summed E-state index contributed by atoms with van der Waals surface area (Å²) in [5.74, 6) is 1.96. The van der Waals surface area contributed by atoms with Crippen LogP contribution in [0.3, 0.4) is 0 Å². The third-order valence-electron chi connectivity index (χ3n) is 6.49. The Kier molecular flexibility index (Phi) is 6.86. The Labute approximate surface area is 210 Å². The normalized spacial score (nSPS) is 13.7. The molecule has 0 saturated carbocycles. The number of Topliss-reactive ketones (excluding diaryl/α,β-unsaturated/α-hetero) is 1. The van der Waals surface area contributed by atoms with Crippen molar-refractivity contribution in [3.8, 4) is 28.3 Å². The van der Waals surface area contributed by atoms with Gasteiger partial charge in [-0.15, -0.1) is 0 Å². The lowest BCUT2D eigenvalue weighted by atomic mass is 10.0. The number of morpholine rings is 1. The third kappa shape index (κ3) is 4.52. The van der Waals surface area contributed by atoms with Gasteiger partial charge < -0.3 is 19.1 Å². The molecule has 0 amide bonds. The van der Waals surface area contributed by atoms with Gasteiger partial charge in [-0.05, 0) is 36.2 Å². The number of anilines is 1. The molecule has 1 saturated heterocycles. The highest BCUT2D eigenvalue weighted by Crippen LogP contribution is 2.35. The second-order valence-corrected chi connectivity index (χ2v) is 8.72. The van der Waals surface area contributed by atoms with E-state index in [-0.39, 0.29) is 5.78 Å². The zero-order valence-corrected chi connectivity index (χ0v) is 20.9. The molecule has 186 valence electrons. The molecule has 0 bridgehead atoms. The standard InChI is InChI=1S/C28H30N4O4/c1-4-5-24(33)28-25(34-2)15-21(16-26(28)35-3)32-18-30-22-14-19(6-8-23(22)32)20-7-9-27(29-17-20)31-10-12-36-13-11-31/h6-9,14-18H,4-5,10-13H2,1-3H3. The van der Waals surface area contributed by atoms with Crippen molar-refractivity contribution in [1.82, 2.24) is 14.5 Å². The fourth-order valence-electron chi connectivity index (χ4n) is 4.60. The Balaban J connectivity index is 1.47. The topological polar surface area (TPSA) is 78.7 Å². The molecule has 4 aromatic rings. The van der Waals surface area contributed by atoms with Gasteiger partial charge in [-0.2, -0.15) is 0 Å². The van der Waals surface area contributed by atoms with E-state index in [1.165, 1.54) is 0 Å². The van der Waals surface area contributed by atoms with E-state index in [1.54, 1.807) is 20.5 Å². The minimum Gasteiger partial charge on any atom is -0.496 e. The summed E-state index contributed by atoms with van der Waals surface area (Å²) in [5, 5.41) is 0. The lowest BCUT2D eigenvalue weighted by Gasteiger charge is -2.27. The molecule has 0 spiro atoms. The summed E-state index contributed by atoms with van der Waals surface area (Å²) in [6, 6.07) is 14.0. The molecule has 0 aliphatic carbocycles. The minimum atomic E-state index is 0.00568. The molecular weight excluding hydrogens is 456 g/mol. The number of ether oxygens (including phenoxy) is 3. The largest absolute Gasteiger partial charge is 0.496 e. The highest BCUT2D eigenvalue weighted by molar-refractivity contribution is 6.01. The molecule has 3 heterocycles. The first kappa shape index (κ1) is 23.8. The predicted octanol–water partition coefficient (Wildman–Crippen LogP) is 4.92. The molecule has 0 radical (unpaired) electrons. The third-order valence-corrected chi connectivity index (χ3v) is 6.49. The van der Waals surface area contributed by atoms with Crippen LogP contribution >= 0.6 is 0 Å². The van der Waals surface area contributed by atoms with Gasteiger partial charge in [0.1, 0.15) is 29.2 Å². The highest BCUT2D eigenvalue weighted by Gasteiger charge is 2.20. The maximum Gasteiger partial charge on any atom is 0.170 e. The number of benzene rings is 2. The first-order valence-corrected chi connectivity index (χ1v) is 12.2. The molecule has 8 nitrogen and oxygen atoms in total. The first-order chi connectivity index (χ1) is 17.6. The van der Waals surface area contributed by atoms with Gasteiger partial charge >= 0.3 is 0 Å². The van der Waals surface area contributed by atoms with Gasteiger partial charge in [-0.25, -0.2) is 9.97 Å². The Hall–Kier alpha value is -3.91. The molecule has 0 N–H and O–H groups in total. The minimum absolute atomic E-state index is 0.00568. The van der Waals surface area contributed by atoms with Gasteiger partial charge in [0.15, 0.2) is 5.78 Å². The van der Waals surface area contributed by atoms with Crippen molar-refractivity contribution in [3.63, 3.8) is 0 Å². The number of imidazole rings is 1. The van der Waals surface area contributed by atoms with E-state index in [9.17, 15) is 4.79 Å². The van der Waals surface area contributed by atoms with Gasteiger partial charge in [0.05, 0.1) is 44.2 Å². The molecule has 0 unspecified atom stereocenters. The van der Waals surface area contributed by atoms with E-state index < -0.39 is 0 Å². The number of methoxy groups -OCH3 is 2. The smallest absolute Gasteiger partial charge is 0.170 e. The lowest BCUT2D eigenvalue weighted by Crippen LogP contribution is -2.36. The maximum atomic E-state index is 12.7. The van der Waals surface area contributed by atoms with Crippen LogP contribution in [0, 0.1) is 0 Å². The van der Waals surface area contributed by atoms with Crippen molar-refractivity contribution in [2.75, 3.05) is 45.4 Å². The van der Waals surface area contributed by atoms with Crippen LogP contribution in [0.1, 0.15) is 30.1 Å². The average Bonchev–Trinajstić information content (AvgIpc) is 3.36.